The second-order valence-corrected chi connectivity index (χ2v) is 3.42. The summed E-state index contributed by atoms with van der Waals surface area (Å²) in [5.41, 5.74) is -0.173. The Morgan fingerprint density at radius 2 is 2.16 bits per heavy atom. The molecule has 0 aliphatic carbocycles. The summed E-state index contributed by atoms with van der Waals surface area (Å²) >= 11 is 0. The minimum atomic E-state index is -1.10. The number of nitro groups is 1. The number of carbonyl (C=O) groups is 2. The summed E-state index contributed by atoms with van der Waals surface area (Å²) in [4.78, 5) is 32.3. The Morgan fingerprint density at radius 3 is 2.74 bits per heavy atom. The van der Waals surface area contributed by atoms with Crippen LogP contribution in [0.5, 0.6) is 0 Å². The van der Waals surface area contributed by atoms with Gasteiger partial charge in [0.15, 0.2) is 0 Å². The zero-order valence-electron chi connectivity index (χ0n) is 10.0. The van der Waals surface area contributed by atoms with Crippen LogP contribution in [-0.2, 0) is 14.3 Å². The van der Waals surface area contributed by atoms with Crippen LogP contribution in [0.2, 0.25) is 0 Å². The zero-order chi connectivity index (χ0) is 14.4. The molecule has 1 N–H and O–H groups in total. The van der Waals surface area contributed by atoms with Gasteiger partial charge in [0, 0.05) is 23.8 Å². The van der Waals surface area contributed by atoms with Crippen molar-refractivity contribution in [2.45, 2.75) is 6.92 Å². The summed E-state index contributed by atoms with van der Waals surface area (Å²) in [6.07, 6.45) is 0.664. The number of aliphatic hydroxyl groups excluding tert-OH is 1. The molecule has 0 saturated carbocycles. The second-order valence-electron chi connectivity index (χ2n) is 3.42. The summed E-state index contributed by atoms with van der Waals surface area (Å²) in [6.45, 7) is 1.57. The van der Waals surface area contributed by atoms with Gasteiger partial charge >= 0.3 is 5.97 Å². The maximum absolute atomic E-state index is 11.3. The van der Waals surface area contributed by atoms with Gasteiger partial charge in [-0.25, -0.2) is 4.79 Å². The molecule has 0 spiro atoms. The van der Waals surface area contributed by atoms with Crippen molar-refractivity contribution in [1.29, 1.82) is 0 Å². The van der Waals surface area contributed by atoms with Gasteiger partial charge in [-0.3, -0.25) is 14.9 Å². The Morgan fingerprint density at radius 1 is 1.47 bits per heavy atom. The smallest absolute Gasteiger partial charge is 0.379 e. The van der Waals surface area contributed by atoms with Crippen molar-refractivity contribution in [3.05, 3.63) is 46.0 Å². The molecule has 1 aromatic carbocycles. The fraction of sp³-hybridized carbons (Fsp3) is 0.167. The van der Waals surface area contributed by atoms with Crippen LogP contribution in [0.25, 0.3) is 5.76 Å². The molecule has 0 aromatic heterocycles. The fourth-order valence-electron chi connectivity index (χ4n) is 1.25. The summed E-state index contributed by atoms with van der Waals surface area (Å²) in [5.74, 6) is -2.67. The van der Waals surface area contributed by atoms with Crippen molar-refractivity contribution in [3.8, 4) is 0 Å². The van der Waals surface area contributed by atoms with Gasteiger partial charge in [0.1, 0.15) is 5.76 Å². The molecule has 0 radical (unpaired) electrons. The molecular weight excluding hydrogens is 254 g/mol. The summed E-state index contributed by atoms with van der Waals surface area (Å²) in [6, 6.07) is 5.05. The van der Waals surface area contributed by atoms with E-state index in [2.05, 4.69) is 4.74 Å². The number of benzene rings is 1. The number of esters is 1. The molecule has 0 aliphatic rings. The maximum atomic E-state index is 11.3. The van der Waals surface area contributed by atoms with E-state index in [-0.39, 0.29) is 17.9 Å². The number of rotatable bonds is 5. The molecular formula is C12H11NO6. The van der Waals surface area contributed by atoms with Crippen molar-refractivity contribution in [2.75, 3.05) is 6.61 Å². The highest BCUT2D eigenvalue weighted by molar-refractivity contribution is 6.39. The number of ether oxygens (including phenoxy) is 1. The number of hydrogen-bond acceptors (Lipinski definition) is 6. The molecule has 0 atom stereocenters. The molecule has 0 fully saturated rings. The van der Waals surface area contributed by atoms with Crippen molar-refractivity contribution in [1.82, 2.24) is 0 Å². The molecule has 0 heterocycles. The third-order valence-corrected chi connectivity index (χ3v) is 2.10. The van der Waals surface area contributed by atoms with Gasteiger partial charge in [-0.05, 0) is 6.92 Å². The van der Waals surface area contributed by atoms with Crippen molar-refractivity contribution >= 4 is 23.2 Å². The second kappa shape index (κ2) is 6.29. The quantitative estimate of drug-likeness (QED) is 0.216. The number of nitrogens with zero attached hydrogens (tertiary/aromatic N) is 1. The first-order chi connectivity index (χ1) is 8.95. The maximum Gasteiger partial charge on any atom is 0.379 e. The normalized spacial score (nSPS) is 10.9. The molecule has 0 bridgehead atoms. The lowest BCUT2D eigenvalue weighted by atomic mass is 10.1. The average molecular weight is 265 g/mol. The molecule has 7 nitrogen and oxygen atoms in total. The molecule has 19 heavy (non-hydrogen) atoms. The lowest BCUT2D eigenvalue weighted by Gasteiger charge is -2.00. The highest BCUT2D eigenvalue weighted by Crippen LogP contribution is 2.18. The van der Waals surface area contributed by atoms with E-state index in [1.54, 1.807) is 0 Å². The van der Waals surface area contributed by atoms with Gasteiger partial charge in [-0.15, -0.1) is 0 Å². The lowest BCUT2D eigenvalue weighted by Crippen LogP contribution is -2.15. The van der Waals surface area contributed by atoms with Crippen LogP contribution in [0.3, 0.4) is 0 Å². The first kappa shape index (κ1) is 14.4. The van der Waals surface area contributed by atoms with E-state index in [0.717, 1.165) is 6.07 Å². The third kappa shape index (κ3) is 3.91. The molecule has 100 valence electrons. The van der Waals surface area contributed by atoms with Crippen LogP contribution in [0.15, 0.2) is 30.3 Å². The van der Waals surface area contributed by atoms with Gasteiger partial charge in [0.2, 0.25) is 0 Å². The molecule has 1 aromatic rings. The molecule has 0 saturated heterocycles. The zero-order valence-corrected chi connectivity index (χ0v) is 10.0. The number of carbonyl (C=O) groups excluding carboxylic acids is 2. The third-order valence-electron chi connectivity index (χ3n) is 2.10. The van der Waals surface area contributed by atoms with Gasteiger partial charge in [-0.2, -0.15) is 0 Å². The van der Waals surface area contributed by atoms with Crippen LogP contribution in [0.4, 0.5) is 5.69 Å². The lowest BCUT2D eigenvalue weighted by molar-refractivity contribution is -0.384. The molecule has 7 heteroatoms. The van der Waals surface area contributed by atoms with Crippen LogP contribution in [-0.4, -0.2) is 28.4 Å². The van der Waals surface area contributed by atoms with Crippen LogP contribution >= 0.6 is 0 Å². The van der Waals surface area contributed by atoms with E-state index in [1.165, 1.54) is 25.1 Å². The van der Waals surface area contributed by atoms with Crippen LogP contribution in [0, 0.1) is 10.1 Å². The summed E-state index contributed by atoms with van der Waals surface area (Å²) < 4.78 is 4.45. The largest absolute Gasteiger partial charge is 0.507 e. The van der Waals surface area contributed by atoms with Gasteiger partial charge < -0.3 is 9.84 Å². The predicted molar refractivity (Wildman–Crippen MR) is 65.3 cm³/mol. The minimum Gasteiger partial charge on any atom is -0.507 e. The van der Waals surface area contributed by atoms with Crippen molar-refractivity contribution in [2.24, 2.45) is 0 Å². The topological polar surface area (TPSA) is 107 Å². The number of nitro benzene ring substituents is 1. The number of aliphatic hydroxyl groups is 1. The molecule has 0 unspecified atom stereocenters. The summed E-state index contributed by atoms with van der Waals surface area (Å²) in [7, 11) is 0. The van der Waals surface area contributed by atoms with Crippen LogP contribution in [0.1, 0.15) is 12.5 Å². The van der Waals surface area contributed by atoms with Gasteiger partial charge in [0.05, 0.1) is 11.5 Å². The minimum absolute atomic E-state index is 0.0377. The highest BCUT2D eigenvalue weighted by Gasteiger charge is 2.15. The SMILES string of the molecule is CCOC(=O)C(=O)C=C(O)c1cccc([N+](=O)[O-])c1. The van der Waals surface area contributed by atoms with E-state index < -0.39 is 22.4 Å². The Balaban J connectivity index is 2.96. The van der Waals surface area contributed by atoms with Crippen molar-refractivity contribution in [3.63, 3.8) is 0 Å². The Kier molecular flexibility index (Phi) is 4.76. The van der Waals surface area contributed by atoms with Gasteiger partial charge in [0.25, 0.3) is 11.5 Å². The molecule has 0 aliphatic heterocycles. The van der Waals surface area contributed by atoms with E-state index in [9.17, 15) is 24.8 Å². The number of hydrogen-bond donors (Lipinski definition) is 1. The Labute approximate surface area is 108 Å². The number of ketones is 1. The van der Waals surface area contributed by atoms with E-state index >= 15 is 0 Å². The predicted octanol–water partition coefficient (Wildman–Crippen LogP) is 1.63. The van der Waals surface area contributed by atoms with Gasteiger partial charge in [-0.1, -0.05) is 12.1 Å². The van der Waals surface area contributed by atoms with Crippen LogP contribution < -0.4 is 0 Å². The monoisotopic (exact) mass is 265 g/mol. The van der Waals surface area contributed by atoms with Crippen molar-refractivity contribution < 1.29 is 24.4 Å². The molecule has 1 rings (SSSR count). The summed E-state index contributed by atoms with van der Waals surface area (Å²) in [5, 5.41) is 20.2. The van der Waals surface area contributed by atoms with E-state index in [1.807, 2.05) is 0 Å². The Bertz CT molecular complexity index is 549. The fourth-order valence-corrected chi connectivity index (χ4v) is 1.25. The highest BCUT2D eigenvalue weighted by atomic mass is 16.6. The first-order valence-electron chi connectivity index (χ1n) is 5.32. The first-order valence-corrected chi connectivity index (χ1v) is 5.32. The Hall–Kier alpha value is -2.70. The van der Waals surface area contributed by atoms with E-state index in [4.69, 9.17) is 0 Å². The van der Waals surface area contributed by atoms with E-state index in [0.29, 0.717) is 6.08 Å². The standard InChI is InChI=1S/C12H11NO6/c1-2-19-12(16)11(15)7-10(14)8-4-3-5-9(6-8)13(17)18/h3-7,14H,2H2,1H3. The average Bonchev–Trinajstić information content (AvgIpc) is 2.39. The molecule has 0 amide bonds. The number of non-ortho nitro benzene ring substituents is 1.